The average molecular weight is 307 g/mol. The third kappa shape index (κ3) is 2.54. The number of amides is 1. The molecule has 1 aliphatic carbocycles. The summed E-state index contributed by atoms with van der Waals surface area (Å²) < 4.78 is 5.70. The van der Waals surface area contributed by atoms with Crippen molar-refractivity contribution < 1.29 is 9.21 Å². The number of rotatable bonds is 3. The zero-order valence-corrected chi connectivity index (χ0v) is 12.8. The van der Waals surface area contributed by atoms with Crippen LogP contribution < -0.4 is 11.1 Å². The number of halogens is 1. The monoisotopic (exact) mass is 306 g/mol. The van der Waals surface area contributed by atoms with Gasteiger partial charge < -0.3 is 15.5 Å². The van der Waals surface area contributed by atoms with Crippen molar-refractivity contribution in [3.63, 3.8) is 0 Å². The van der Waals surface area contributed by atoms with E-state index in [1.807, 2.05) is 13.0 Å². The minimum absolute atomic E-state index is 0.188. The van der Waals surface area contributed by atoms with E-state index in [2.05, 4.69) is 5.32 Å². The molecule has 1 aliphatic rings. The number of aryl methyl sites for hydroxylation is 1. The van der Waals surface area contributed by atoms with Gasteiger partial charge in [-0.2, -0.15) is 0 Å². The largest absolute Gasteiger partial charge is 0.451 e. The fourth-order valence-corrected chi connectivity index (χ4v) is 3.31. The molecule has 1 fully saturated rings. The van der Waals surface area contributed by atoms with E-state index in [1.165, 1.54) is 0 Å². The molecule has 3 rings (SSSR count). The molecule has 0 radical (unpaired) electrons. The molecule has 3 N–H and O–H groups in total. The Morgan fingerprint density at radius 2 is 2.14 bits per heavy atom. The van der Waals surface area contributed by atoms with Crippen LogP contribution in [0.25, 0.3) is 11.0 Å². The molecule has 1 aromatic heterocycles. The molecule has 0 aliphatic heterocycles. The number of nitrogens with two attached hydrogens (primary N) is 1. The molecule has 1 aromatic carbocycles. The van der Waals surface area contributed by atoms with Crippen molar-refractivity contribution >= 4 is 28.5 Å². The van der Waals surface area contributed by atoms with Gasteiger partial charge in [-0.25, -0.2) is 0 Å². The number of nitrogens with one attached hydrogen (secondary N) is 1. The van der Waals surface area contributed by atoms with E-state index < -0.39 is 0 Å². The Bertz CT molecular complexity index is 687. The molecule has 1 amide bonds. The first-order valence-electron chi connectivity index (χ1n) is 7.26. The fourth-order valence-electron chi connectivity index (χ4n) is 3.14. The first kappa shape index (κ1) is 14.4. The lowest BCUT2D eigenvalue weighted by Gasteiger charge is -2.28. The number of benzene rings is 1. The Morgan fingerprint density at radius 3 is 2.81 bits per heavy atom. The Labute approximate surface area is 128 Å². The van der Waals surface area contributed by atoms with Gasteiger partial charge in [0.2, 0.25) is 0 Å². The van der Waals surface area contributed by atoms with Crippen LogP contribution in [0.3, 0.4) is 0 Å². The quantitative estimate of drug-likeness (QED) is 0.913. The highest BCUT2D eigenvalue weighted by molar-refractivity contribution is 6.31. The van der Waals surface area contributed by atoms with E-state index in [1.54, 1.807) is 12.1 Å². The average Bonchev–Trinajstić information content (AvgIpc) is 3.05. The van der Waals surface area contributed by atoms with Gasteiger partial charge in [-0.15, -0.1) is 0 Å². The van der Waals surface area contributed by atoms with Crippen molar-refractivity contribution in [3.8, 4) is 0 Å². The van der Waals surface area contributed by atoms with E-state index in [0.29, 0.717) is 22.9 Å². The second kappa shape index (κ2) is 5.35. The molecule has 5 heteroatoms. The summed E-state index contributed by atoms with van der Waals surface area (Å²) >= 11 is 6.00. The van der Waals surface area contributed by atoms with Crippen LogP contribution in [0, 0.1) is 6.92 Å². The van der Waals surface area contributed by atoms with Crippen molar-refractivity contribution in [1.29, 1.82) is 0 Å². The lowest BCUT2D eigenvalue weighted by Crippen LogP contribution is -2.51. The van der Waals surface area contributed by atoms with Crippen LogP contribution in [0.15, 0.2) is 22.6 Å². The van der Waals surface area contributed by atoms with Gasteiger partial charge in [0.05, 0.1) is 5.54 Å². The minimum atomic E-state index is -0.278. The van der Waals surface area contributed by atoms with E-state index >= 15 is 0 Å². The number of fused-ring (bicyclic) bond motifs is 1. The van der Waals surface area contributed by atoms with Crippen molar-refractivity contribution in [2.24, 2.45) is 5.73 Å². The van der Waals surface area contributed by atoms with Gasteiger partial charge in [0.15, 0.2) is 5.76 Å². The first-order chi connectivity index (χ1) is 10.0. The van der Waals surface area contributed by atoms with E-state index in [4.69, 9.17) is 21.8 Å². The summed E-state index contributed by atoms with van der Waals surface area (Å²) in [7, 11) is 0. The maximum atomic E-state index is 12.5. The third-order valence-electron chi connectivity index (χ3n) is 4.43. The summed E-state index contributed by atoms with van der Waals surface area (Å²) in [5.41, 5.74) is 7.08. The highest BCUT2D eigenvalue weighted by atomic mass is 35.5. The van der Waals surface area contributed by atoms with Gasteiger partial charge in [-0.1, -0.05) is 24.4 Å². The van der Waals surface area contributed by atoms with Crippen LogP contribution in [0.5, 0.6) is 0 Å². The summed E-state index contributed by atoms with van der Waals surface area (Å²) in [6.07, 6.45) is 4.07. The normalized spacial score (nSPS) is 17.3. The van der Waals surface area contributed by atoms with Crippen LogP contribution in [0.4, 0.5) is 0 Å². The van der Waals surface area contributed by atoms with Crippen LogP contribution >= 0.6 is 11.6 Å². The number of carbonyl (C=O) groups excluding carboxylic acids is 1. The molecule has 4 nitrogen and oxygen atoms in total. The van der Waals surface area contributed by atoms with Gasteiger partial charge in [0.25, 0.3) is 5.91 Å². The van der Waals surface area contributed by atoms with Gasteiger partial charge >= 0.3 is 0 Å². The van der Waals surface area contributed by atoms with E-state index in [-0.39, 0.29) is 11.4 Å². The SMILES string of the molecule is Cc1c(C(=O)NC2(CN)CCCC2)oc2ccc(Cl)cc12. The number of furan rings is 1. The van der Waals surface area contributed by atoms with Crippen molar-refractivity contribution in [2.45, 2.75) is 38.1 Å². The fraction of sp³-hybridized carbons (Fsp3) is 0.438. The third-order valence-corrected chi connectivity index (χ3v) is 4.67. The number of hydrogen-bond acceptors (Lipinski definition) is 3. The highest BCUT2D eigenvalue weighted by Gasteiger charge is 2.35. The van der Waals surface area contributed by atoms with Crippen molar-refractivity contribution in [1.82, 2.24) is 5.32 Å². The molecule has 0 saturated heterocycles. The molecule has 0 spiro atoms. The molecule has 0 bridgehead atoms. The van der Waals surface area contributed by atoms with Gasteiger partial charge in [0.1, 0.15) is 5.58 Å². The maximum absolute atomic E-state index is 12.5. The maximum Gasteiger partial charge on any atom is 0.287 e. The standard InChI is InChI=1S/C16H19ClN2O2/c1-10-12-8-11(17)4-5-13(12)21-14(10)15(20)19-16(9-18)6-2-3-7-16/h4-5,8H,2-3,6-7,9,18H2,1H3,(H,19,20). The molecule has 1 heterocycles. The predicted molar refractivity (Wildman–Crippen MR) is 83.7 cm³/mol. The van der Waals surface area contributed by atoms with Gasteiger partial charge in [0, 0.05) is 22.5 Å². The van der Waals surface area contributed by atoms with Crippen LogP contribution in [0.2, 0.25) is 5.02 Å². The summed E-state index contributed by atoms with van der Waals surface area (Å²) in [5.74, 6) is 0.166. The molecular weight excluding hydrogens is 288 g/mol. The summed E-state index contributed by atoms with van der Waals surface area (Å²) in [6, 6.07) is 5.36. The second-order valence-electron chi connectivity index (χ2n) is 5.84. The Hall–Kier alpha value is -1.52. The predicted octanol–water partition coefficient (Wildman–Crippen LogP) is 3.40. The van der Waals surface area contributed by atoms with E-state index in [0.717, 1.165) is 36.6 Å². The molecule has 21 heavy (non-hydrogen) atoms. The number of carbonyl (C=O) groups is 1. The van der Waals surface area contributed by atoms with Crippen molar-refractivity contribution in [2.75, 3.05) is 6.54 Å². The molecule has 2 aromatic rings. The molecule has 0 atom stereocenters. The van der Waals surface area contributed by atoms with Crippen LogP contribution in [-0.2, 0) is 0 Å². The topological polar surface area (TPSA) is 68.3 Å². The highest BCUT2D eigenvalue weighted by Crippen LogP contribution is 2.31. The van der Waals surface area contributed by atoms with Gasteiger partial charge in [-0.3, -0.25) is 4.79 Å². The van der Waals surface area contributed by atoms with Crippen LogP contribution in [-0.4, -0.2) is 18.0 Å². The smallest absolute Gasteiger partial charge is 0.287 e. The Morgan fingerprint density at radius 1 is 1.43 bits per heavy atom. The summed E-state index contributed by atoms with van der Waals surface area (Å²) in [4.78, 5) is 12.5. The van der Waals surface area contributed by atoms with Gasteiger partial charge in [-0.05, 0) is 38.0 Å². The first-order valence-corrected chi connectivity index (χ1v) is 7.64. The van der Waals surface area contributed by atoms with Crippen LogP contribution in [0.1, 0.15) is 41.8 Å². The Kier molecular flexibility index (Phi) is 3.68. The van der Waals surface area contributed by atoms with Crippen molar-refractivity contribution in [3.05, 3.63) is 34.5 Å². The zero-order chi connectivity index (χ0) is 15.0. The number of hydrogen-bond donors (Lipinski definition) is 2. The molecule has 112 valence electrons. The molecular formula is C16H19ClN2O2. The summed E-state index contributed by atoms with van der Waals surface area (Å²) in [5, 5.41) is 4.59. The van der Waals surface area contributed by atoms with E-state index in [9.17, 15) is 4.79 Å². The zero-order valence-electron chi connectivity index (χ0n) is 12.0. The minimum Gasteiger partial charge on any atom is -0.451 e. The second-order valence-corrected chi connectivity index (χ2v) is 6.28. The molecule has 1 saturated carbocycles. The lowest BCUT2D eigenvalue weighted by molar-refractivity contribution is 0.0876. The molecule has 0 unspecified atom stereocenters. The Balaban J connectivity index is 1.93. The lowest BCUT2D eigenvalue weighted by atomic mass is 9.97. The summed E-state index contributed by atoms with van der Waals surface area (Å²) in [6.45, 7) is 2.34.